The van der Waals surface area contributed by atoms with Crippen molar-refractivity contribution in [2.24, 2.45) is 0 Å². The van der Waals surface area contributed by atoms with Crippen LogP contribution in [0.2, 0.25) is 0 Å². The van der Waals surface area contributed by atoms with Crippen LogP contribution in [0.1, 0.15) is 0 Å². The summed E-state index contributed by atoms with van der Waals surface area (Å²) in [6.07, 6.45) is -3.00. The first-order valence-electron chi connectivity index (χ1n) is 6.22. The fraction of sp³-hybridized carbons (Fsp3) is 0.818. The minimum Gasteiger partial charge on any atom is -0.430 e. The van der Waals surface area contributed by atoms with Crippen molar-refractivity contribution in [1.82, 2.24) is 0 Å². The predicted molar refractivity (Wildman–Crippen MR) is 57.9 cm³/mol. The molecule has 112 valence electrons. The minimum absolute atomic E-state index is 0.126. The summed E-state index contributed by atoms with van der Waals surface area (Å²) in [4.78, 5) is 21.2. The average Bonchev–Trinajstić information content (AvgIpc) is 2.99. The summed E-state index contributed by atoms with van der Waals surface area (Å²) >= 11 is 0. The van der Waals surface area contributed by atoms with Crippen molar-refractivity contribution >= 4 is 12.3 Å². The summed E-state index contributed by atoms with van der Waals surface area (Å²) in [5.74, 6) is 0. The standard InChI is InChI=1S/C11H14O9/c12-10-17-2-6(18-10)1-15-7-3-14-4-8(7)16-5-9-19-11(13)20-9/h6-9H,1-5H2. The van der Waals surface area contributed by atoms with Crippen molar-refractivity contribution in [3.63, 3.8) is 0 Å². The third kappa shape index (κ3) is 3.11. The lowest BCUT2D eigenvalue weighted by molar-refractivity contribution is -0.217. The third-order valence-electron chi connectivity index (χ3n) is 3.03. The number of hydrogen-bond acceptors (Lipinski definition) is 9. The van der Waals surface area contributed by atoms with E-state index in [1.54, 1.807) is 0 Å². The largest absolute Gasteiger partial charge is 0.514 e. The van der Waals surface area contributed by atoms with Crippen molar-refractivity contribution in [2.75, 3.05) is 33.0 Å². The van der Waals surface area contributed by atoms with E-state index in [1.807, 2.05) is 0 Å². The minimum atomic E-state index is -0.697. The predicted octanol–water partition coefficient (Wildman–Crippen LogP) is -0.185. The number of ether oxygens (including phenoxy) is 7. The third-order valence-corrected chi connectivity index (χ3v) is 3.03. The van der Waals surface area contributed by atoms with Crippen molar-refractivity contribution in [1.29, 1.82) is 0 Å². The molecule has 0 aliphatic carbocycles. The smallest absolute Gasteiger partial charge is 0.430 e. The molecule has 9 nitrogen and oxygen atoms in total. The molecule has 0 N–H and O–H groups in total. The van der Waals surface area contributed by atoms with E-state index in [4.69, 9.17) is 18.9 Å². The molecule has 3 heterocycles. The van der Waals surface area contributed by atoms with Crippen LogP contribution in [0.25, 0.3) is 0 Å². The van der Waals surface area contributed by atoms with Crippen LogP contribution in [0, 0.1) is 0 Å². The Morgan fingerprint density at radius 1 is 0.900 bits per heavy atom. The first-order valence-corrected chi connectivity index (χ1v) is 6.22. The van der Waals surface area contributed by atoms with Gasteiger partial charge in [-0.15, -0.1) is 0 Å². The lowest BCUT2D eigenvalue weighted by atomic mass is 10.2. The summed E-state index contributed by atoms with van der Waals surface area (Å²) in [5, 5.41) is 0. The topological polar surface area (TPSA) is 98.8 Å². The number of carbonyl (C=O) groups excluding carboxylic acids is 2. The maximum Gasteiger partial charge on any atom is 0.514 e. The van der Waals surface area contributed by atoms with Gasteiger partial charge in [0.05, 0.1) is 19.8 Å². The van der Waals surface area contributed by atoms with Gasteiger partial charge in [-0.3, -0.25) is 0 Å². The van der Waals surface area contributed by atoms with Crippen LogP contribution in [0.5, 0.6) is 0 Å². The summed E-state index contributed by atoms with van der Waals surface area (Å²) in [5.41, 5.74) is 0. The molecule has 3 aliphatic heterocycles. The Kier molecular flexibility index (Phi) is 3.90. The maximum absolute atomic E-state index is 10.8. The van der Waals surface area contributed by atoms with Crippen molar-refractivity contribution in [2.45, 2.75) is 24.6 Å². The Morgan fingerprint density at radius 3 is 2.20 bits per heavy atom. The summed E-state index contributed by atoms with van der Waals surface area (Å²) in [6, 6.07) is 0. The lowest BCUT2D eigenvalue weighted by Crippen LogP contribution is -2.42. The number of hydrogen-bond donors (Lipinski definition) is 0. The number of cyclic esters (lactones) is 4. The molecular formula is C11H14O9. The maximum atomic E-state index is 10.8. The Hall–Kier alpha value is -1.58. The molecule has 0 radical (unpaired) electrons. The van der Waals surface area contributed by atoms with Gasteiger partial charge in [-0.25, -0.2) is 9.59 Å². The van der Waals surface area contributed by atoms with Gasteiger partial charge in [0.15, 0.2) is 6.10 Å². The van der Waals surface area contributed by atoms with E-state index >= 15 is 0 Å². The highest BCUT2D eigenvalue weighted by atomic mass is 16.9. The van der Waals surface area contributed by atoms with Crippen LogP contribution >= 0.6 is 0 Å². The van der Waals surface area contributed by atoms with Gasteiger partial charge >= 0.3 is 12.3 Å². The SMILES string of the molecule is O=C1OCC(COC2COCC2OCC2OC(=O)O2)O1. The molecule has 0 saturated carbocycles. The molecule has 0 aromatic carbocycles. The zero-order chi connectivity index (χ0) is 13.9. The molecule has 3 aliphatic rings. The Balaban J connectivity index is 1.37. The highest BCUT2D eigenvalue weighted by Gasteiger charge is 2.36. The number of rotatable bonds is 6. The second-order valence-electron chi connectivity index (χ2n) is 4.50. The first kappa shape index (κ1) is 13.4. The van der Waals surface area contributed by atoms with Crippen molar-refractivity contribution in [3.8, 4) is 0 Å². The van der Waals surface area contributed by atoms with E-state index in [0.29, 0.717) is 13.2 Å². The molecule has 0 spiro atoms. The van der Waals surface area contributed by atoms with Crippen LogP contribution in [0.4, 0.5) is 9.59 Å². The molecular weight excluding hydrogens is 276 g/mol. The van der Waals surface area contributed by atoms with E-state index in [9.17, 15) is 9.59 Å². The summed E-state index contributed by atoms with van der Waals surface area (Å²) in [6.45, 7) is 1.29. The average molecular weight is 290 g/mol. The van der Waals surface area contributed by atoms with Gasteiger partial charge in [0.1, 0.15) is 25.4 Å². The molecule has 0 aromatic heterocycles. The normalized spacial score (nSPS) is 33.1. The molecule has 9 heteroatoms. The Morgan fingerprint density at radius 2 is 1.60 bits per heavy atom. The monoisotopic (exact) mass is 290 g/mol. The lowest BCUT2D eigenvalue weighted by Gasteiger charge is -2.27. The first-order chi connectivity index (χ1) is 9.70. The van der Waals surface area contributed by atoms with E-state index in [2.05, 4.69) is 14.2 Å². The van der Waals surface area contributed by atoms with Gasteiger partial charge < -0.3 is 33.2 Å². The molecule has 3 unspecified atom stereocenters. The molecule has 0 aromatic rings. The van der Waals surface area contributed by atoms with Crippen molar-refractivity contribution in [3.05, 3.63) is 0 Å². The van der Waals surface area contributed by atoms with Gasteiger partial charge in [0.25, 0.3) is 6.29 Å². The zero-order valence-electron chi connectivity index (χ0n) is 10.5. The highest BCUT2D eigenvalue weighted by Crippen LogP contribution is 2.18. The van der Waals surface area contributed by atoms with Gasteiger partial charge in [0.2, 0.25) is 0 Å². The van der Waals surface area contributed by atoms with Crippen LogP contribution < -0.4 is 0 Å². The van der Waals surface area contributed by atoms with Crippen molar-refractivity contribution < 1.29 is 42.7 Å². The molecule has 0 amide bonds. The molecule has 3 saturated heterocycles. The van der Waals surface area contributed by atoms with Crippen LogP contribution in [0.15, 0.2) is 0 Å². The van der Waals surface area contributed by atoms with Crippen LogP contribution in [-0.2, 0) is 33.2 Å². The van der Waals surface area contributed by atoms with Gasteiger partial charge in [-0.05, 0) is 0 Å². The molecule has 20 heavy (non-hydrogen) atoms. The summed E-state index contributed by atoms with van der Waals surface area (Å²) < 4.78 is 35.2. The van der Waals surface area contributed by atoms with Gasteiger partial charge in [0, 0.05) is 0 Å². The molecule has 3 atom stereocenters. The fourth-order valence-electron chi connectivity index (χ4n) is 2.00. The van der Waals surface area contributed by atoms with E-state index in [-0.39, 0.29) is 32.0 Å². The number of carbonyl (C=O) groups is 2. The van der Waals surface area contributed by atoms with Crippen LogP contribution in [0.3, 0.4) is 0 Å². The van der Waals surface area contributed by atoms with Crippen LogP contribution in [-0.4, -0.2) is 69.9 Å². The molecule has 3 fully saturated rings. The quantitative estimate of drug-likeness (QED) is 0.616. The molecule has 3 rings (SSSR count). The van der Waals surface area contributed by atoms with Gasteiger partial charge in [-0.1, -0.05) is 0 Å². The van der Waals surface area contributed by atoms with E-state index < -0.39 is 24.7 Å². The van der Waals surface area contributed by atoms with E-state index in [0.717, 1.165) is 0 Å². The highest BCUT2D eigenvalue weighted by molar-refractivity contribution is 5.64. The Labute approximate surface area is 113 Å². The zero-order valence-corrected chi connectivity index (χ0v) is 10.5. The second kappa shape index (κ2) is 5.81. The summed E-state index contributed by atoms with van der Waals surface area (Å²) in [7, 11) is 0. The second-order valence-corrected chi connectivity index (χ2v) is 4.50. The fourth-order valence-corrected chi connectivity index (χ4v) is 2.00. The molecule has 0 bridgehead atoms. The Bertz CT molecular complexity index is 376. The van der Waals surface area contributed by atoms with E-state index in [1.165, 1.54) is 0 Å². The van der Waals surface area contributed by atoms with Gasteiger partial charge in [-0.2, -0.15) is 0 Å².